The van der Waals surface area contributed by atoms with Crippen LogP contribution < -0.4 is 4.90 Å². The highest BCUT2D eigenvalue weighted by molar-refractivity contribution is 5.55. The van der Waals surface area contributed by atoms with Gasteiger partial charge in [-0.25, -0.2) is 0 Å². The first kappa shape index (κ1) is 12.8. The molecule has 18 heavy (non-hydrogen) atoms. The van der Waals surface area contributed by atoms with Gasteiger partial charge in [-0.1, -0.05) is 18.2 Å². The van der Waals surface area contributed by atoms with Crippen molar-refractivity contribution in [2.75, 3.05) is 31.2 Å². The molecule has 0 bridgehead atoms. The number of benzene rings is 1. The summed E-state index contributed by atoms with van der Waals surface area (Å²) in [6.07, 6.45) is -2.60. The minimum Gasteiger partial charge on any atom is -0.384 e. The standard InChI is InChI=1S/C13H16N2O3/c14-9-12(16)13(17)10-3-1-2-4-11(10)15-5-7-18-8-6-15/h1-4,12-13,16-17H,5-8H2. The SMILES string of the molecule is N#CC(O)C(O)c1ccccc1N1CCOCC1. The largest absolute Gasteiger partial charge is 0.384 e. The van der Waals surface area contributed by atoms with E-state index in [1.54, 1.807) is 18.2 Å². The maximum atomic E-state index is 9.97. The second-order valence-electron chi connectivity index (χ2n) is 4.18. The van der Waals surface area contributed by atoms with Crippen LogP contribution in [0.3, 0.4) is 0 Å². The van der Waals surface area contributed by atoms with Crippen molar-refractivity contribution in [2.45, 2.75) is 12.2 Å². The molecule has 1 aliphatic heterocycles. The molecule has 1 heterocycles. The smallest absolute Gasteiger partial charge is 0.170 e. The Hall–Kier alpha value is -1.61. The lowest BCUT2D eigenvalue weighted by Gasteiger charge is -2.31. The molecule has 2 atom stereocenters. The monoisotopic (exact) mass is 248 g/mol. The van der Waals surface area contributed by atoms with Gasteiger partial charge in [0, 0.05) is 24.3 Å². The molecule has 0 aliphatic carbocycles. The van der Waals surface area contributed by atoms with Crippen LogP contribution in [-0.4, -0.2) is 42.6 Å². The van der Waals surface area contributed by atoms with Crippen LogP contribution >= 0.6 is 0 Å². The molecular weight excluding hydrogens is 232 g/mol. The van der Waals surface area contributed by atoms with E-state index < -0.39 is 12.2 Å². The number of aliphatic hydroxyl groups excluding tert-OH is 2. The Kier molecular flexibility index (Phi) is 4.15. The number of rotatable bonds is 3. The van der Waals surface area contributed by atoms with Crippen LogP contribution in [0.15, 0.2) is 24.3 Å². The van der Waals surface area contributed by atoms with Crippen LogP contribution in [0.1, 0.15) is 11.7 Å². The summed E-state index contributed by atoms with van der Waals surface area (Å²) in [7, 11) is 0. The molecule has 96 valence electrons. The number of hydrogen-bond donors (Lipinski definition) is 2. The highest BCUT2D eigenvalue weighted by atomic mass is 16.5. The quantitative estimate of drug-likeness (QED) is 0.759. The Balaban J connectivity index is 2.27. The van der Waals surface area contributed by atoms with Gasteiger partial charge in [0.1, 0.15) is 6.10 Å². The van der Waals surface area contributed by atoms with Crippen molar-refractivity contribution in [1.82, 2.24) is 0 Å². The van der Waals surface area contributed by atoms with Crippen LogP contribution in [0.4, 0.5) is 5.69 Å². The lowest BCUT2D eigenvalue weighted by molar-refractivity contribution is 0.0527. The average molecular weight is 248 g/mol. The molecule has 1 fully saturated rings. The van der Waals surface area contributed by atoms with Crippen molar-refractivity contribution >= 4 is 5.69 Å². The van der Waals surface area contributed by atoms with Gasteiger partial charge in [0.25, 0.3) is 0 Å². The van der Waals surface area contributed by atoms with Crippen LogP contribution in [-0.2, 0) is 4.74 Å². The van der Waals surface area contributed by atoms with Gasteiger partial charge in [-0.05, 0) is 6.07 Å². The zero-order valence-electron chi connectivity index (χ0n) is 9.99. The average Bonchev–Trinajstić information content (AvgIpc) is 2.46. The van der Waals surface area contributed by atoms with Crippen LogP contribution in [0, 0.1) is 11.3 Å². The van der Waals surface area contributed by atoms with Crippen LogP contribution in [0.2, 0.25) is 0 Å². The van der Waals surface area contributed by atoms with E-state index in [4.69, 9.17) is 10.00 Å². The van der Waals surface area contributed by atoms with E-state index >= 15 is 0 Å². The summed E-state index contributed by atoms with van der Waals surface area (Å²) in [6.45, 7) is 2.77. The molecular formula is C13H16N2O3. The number of ether oxygens (including phenoxy) is 1. The van der Waals surface area contributed by atoms with Gasteiger partial charge in [-0.15, -0.1) is 0 Å². The molecule has 5 nitrogen and oxygen atoms in total. The Morgan fingerprint density at radius 2 is 1.89 bits per heavy atom. The third-order valence-electron chi connectivity index (χ3n) is 3.04. The molecule has 2 N–H and O–H groups in total. The topological polar surface area (TPSA) is 76.7 Å². The minimum atomic E-state index is -1.41. The maximum absolute atomic E-state index is 9.97. The molecule has 1 saturated heterocycles. The summed E-state index contributed by atoms with van der Waals surface area (Å²) in [5, 5.41) is 28.1. The molecule has 5 heteroatoms. The van der Waals surface area contributed by atoms with E-state index in [9.17, 15) is 10.2 Å². The lowest BCUT2D eigenvalue weighted by atomic mass is 10.0. The lowest BCUT2D eigenvalue weighted by Crippen LogP contribution is -2.37. The number of nitrogens with zero attached hydrogens (tertiary/aromatic N) is 2. The third kappa shape index (κ3) is 2.62. The summed E-state index contributed by atoms with van der Waals surface area (Å²) >= 11 is 0. The van der Waals surface area contributed by atoms with Gasteiger partial charge < -0.3 is 19.8 Å². The highest BCUT2D eigenvalue weighted by Crippen LogP contribution is 2.28. The van der Waals surface area contributed by atoms with Crippen molar-refractivity contribution < 1.29 is 14.9 Å². The molecule has 1 aromatic carbocycles. The van der Waals surface area contributed by atoms with Crippen molar-refractivity contribution in [2.24, 2.45) is 0 Å². The molecule has 0 saturated carbocycles. The Morgan fingerprint density at radius 1 is 1.22 bits per heavy atom. The second-order valence-corrected chi connectivity index (χ2v) is 4.18. The number of nitriles is 1. The minimum absolute atomic E-state index is 0.577. The number of para-hydroxylation sites is 1. The number of hydrogen-bond acceptors (Lipinski definition) is 5. The summed E-state index contributed by atoms with van der Waals surface area (Å²) in [5.74, 6) is 0. The molecule has 0 amide bonds. The Morgan fingerprint density at radius 3 is 2.56 bits per heavy atom. The fourth-order valence-corrected chi connectivity index (χ4v) is 2.07. The number of anilines is 1. The van der Waals surface area contributed by atoms with Gasteiger partial charge in [0.05, 0.1) is 19.3 Å². The van der Waals surface area contributed by atoms with Gasteiger partial charge in [0.2, 0.25) is 0 Å². The van der Waals surface area contributed by atoms with Crippen LogP contribution in [0.25, 0.3) is 0 Å². The van der Waals surface area contributed by atoms with E-state index in [1.165, 1.54) is 0 Å². The van der Waals surface area contributed by atoms with Crippen molar-refractivity contribution in [3.8, 4) is 6.07 Å². The van der Waals surface area contributed by atoms with Gasteiger partial charge in [-0.2, -0.15) is 5.26 Å². The molecule has 0 radical (unpaired) electrons. The fourth-order valence-electron chi connectivity index (χ4n) is 2.07. The Bertz CT molecular complexity index is 438. The molecule has 0 aromatic heterocycles. The second kappa shape index (κ2) is 5.83. The zero-order valence-corrected chi connectivity index (χ0v) is 9.99. The third-order valence-corrected chi connectivity index (χ3v) is 3.04. The fraction of sp³-hybridized carbons (Fsp3) is 0.462. The number of aliphatic hydroxyl groups is 2. The molecule has 1 aromatic rings. The van der Waals surface area contributed by atoms with E-state index in [-0.39, 0.29) is 0 Å². The van der Waals surface area contributed by atoms with Crippen molar-refractivity contribution in [1.29, 1.82) is 5.26 Å². The predicted molar refractivity (Wildman–Crippen MR) is 66.1 cm³/mol. The van der Waals surface area contributed by atoms with Gasteiger partial charge in [-0.3, -0.25) is 0 Å². The first-order valence-corrected chi connectivity index (χ1v) is 5.91. The normalized spacial score (nSPS) is 19.1. The first-order chi connectivity index (χ1) is 8.74. The van der Waals surface area contributed by atoms with Crippen LogP contribution in [0.5, 0.6) is 0 Å². The maximum Gasteiger partial charge on any atom is 0.170 e. The van der Waals surface area contributed by atoms with E-state index in [0.717, 1.165) is 18.8 Å². The molecule has 2 unspecified atom stereocenters. The van der Waals surface area contributed by atoms with Gasteiger partial charge in [0.15, 0.2) is 6.10 Å². The van der Waals surface area contributed by atoms with Gasteiger partial charge >= 0.3 is 0 Å². The van der Waals surface area contributed by atoms with E-state index in [0.29, 0.717) is 18.8 Å². The Labute approximate surface area is 106 Å². The van der Waals surface area contributed by atoms with Crippen molar-refractivity contribution in [3.63, 3.8) is 0 Å². The summed E-state index contributed by atoms with van der Waals surface area (Å²) in [5.41, 5.74) is 1.43. The van der Waals surface area contributed by atoms with E-state index in [2.05, 4.69) is 4.90 Å². The zero-order chi connectivity index (χ0) is 13.0. The summed E-state index contributed by atoms with van der Waals surface area (Å²) in [4.78, 5) is 2.09. The summed E-state index contributed by atoms with van der Waals surface area (Å²) in [6, 6.07) is 8.93. The molecule has 1 aliphatic rings. The van der Waals surface area contributed by atoms with E-state index in [1.807, 2.05) is 12.1 Å². The molecule has 0 spiro atoms. The highest BCUT2D eigenvalue weighted by Gasteiger charge is 2.23. The molecule has 2 rings (SSSR count). The predicted octanol–water partition coefficient (Wildman–Crippen LogP) is 0.441. The number of morpholine rings is 1. The first-order valence-electron chi connectivity index (χ1n) is 5.91. The summed E-state index contributed by atoms with van der Waals surface area (Å²) < 4.78 is 5.28. The van der Waals surface area contributed by atoms with Crippen molar-refractivity contribution in [3.05, 3.63) is 29.8 Å².